The number of rotatable bonds is 2. The number of amidine groups is 1. The molecule has 0 spiro atoms. The Labute approximate surface area is 159 Å². The van der Waals surface area contributed by atoms with Crippen molar-refractivity contribution in [1.82, 2.24) is 15.2 Å². The van der Waals surface area contributed by atoms with E-state index in [4.69, 9.17) is 4.74 Å². The first-order valence-electron chi connectivity index (χ1n) is 8.87. The van der Waals surface area contributed by atoms with Crippen molar-refractivity contribution in [2.45, 2.75) is 0 Å². The number of aromatic amines is 1. The Bertz CT molecular complexity index is 1050. The van der Waals surface area contributed by atoms with Gasteiger partial charge in [-0.15, -0.1) is 0 Å². The molecule has 2 N–H and O–H groups in total. The second-order valence-electron chi connectivity index (χ2n) is 6.50. The van der Waals surface area contributed by atoms with Crippen LogP contribution in [0.15, 0.2) is 41.7 Å². The van der Waals surface area contributed by atoms with Gasteiger partial charge in [0.15, 0.2) is 0 Å². The van der Waals surface area contributed by atoms with E-state index in [-0.39, 0.29) is 11.4 Å². The summed E-state index contributed by atoms with van der Waals surface area (Å²) in [5, 5.41) is 10.0. The Kier molecular flexibility index (Phi) is 4.01. The van der Waals surface area contributed by atoms with Gasteiger partial charge in [-0.25, -0.2) is 18.8 Å². The van der Waals surface area contributed by atoms with Gasteiger partial charge in [0.2, 0.25) is 0 Å². The molecule has 0 amide bonds. The third-order valence-electron chi connectivity index (χ3n) is 4.80. The quantitative estimate of drug-likeness (QED) is 0.712. The summed E-state index contributed by atoms with van der Waals surface area (Å²) in [6.07, 6.45) is 3.17. The monoisotopic (exact) mass is 382 g/mol. The van der Waals surface area contributed by atoms with Crippen LogP contribution in [0.2, 0.25) is 0 Å². The minimum absolute atomic E-state index is 0.0675. The summed E-state index contributed by atoms with van der Waals surface area (Å²) in [5.41, 5.74) is 2.29. The lowest BCUT2D eigenvalue weighted by Crippen LogP contribution is -2.36. The lowest BCUT2D eigenvalue weighted by Gasteiger charge is -2.28. The van der Waals surface area contributed by atoms with Gasteiger partial charge in [-0.2, -0.15) is 5.10 Å². The highest BCUT2D eigenvalue weighted by molar-refractivity contribution is 6.13. The smallest absolute Gasteiger partial charge is 0.144 e. The van der Waals surface area contributed by atoms with Crippen LogP contribution in [0.1, 0.15) is 5.56 Å². The number of benzene rings is 1. The molecule has 3 aromatic rings. The maximum absolute atomic E-state index is 14.3. The topological polar surface area (TPSA) is 78.4 Å². The van der Waals surface area contributed by atoms with Gasteiger partial charge in [0.1, 0.15) is 29.0 Å². The second kappa shape index (κ2) is 6.68. The highest BCUT2D eigenvalue weighted by atomic mass is 19.1. The zero-order valence-corrected chi connectivity index (χ0v) is 14.7. The number of aliphatic imine (C=N–C) groups is 1. The van der Waals surface area contributed by atoms with Crippen LogP contribution < -0.4 is 10.2 Å². The summed E-state index contributed by atoms with van der Waals surface area (Å²) in [6, 6.07) is 5.63. The molecule has 0 radical (unpaired) electrons. The van der Waals surface area contributed by atoms with Crippen LogP contribution in [0.4, 0.5) is 26.0 Å². The number of hydrogen-bond donors (Lipinski definition) is 2. The van der Waals surface area contributed by atoms with Crippen molar-refractivity contribution in [3.63, 3.8) is 0 Å². The highest BCUT2D eigenvalue weighted by Crippen LogP contribution is 2.38. The molecule has 0 saturated carbocycles. The SMILES string of the molecule is Fc1cccc(F)c1C1=Nc2cn[nH]c2-c2cc(N3CCOCC3)ncc2N1. The summed E-state index contributed by atoms with van der Waals surface area (Å²) in [4.78, 5) is 11.1. The molecular formula is C19H16F2N6O. The Morgan fingerprint density at radius 2 is 1.86 bits per heavy atom. The van der Waals surface area contributed by atoms with Gasteiger partial charge in [-0.05, 0) is 18.2 Å². The number of anilines is 2. The van der Waals surface area contributed by atoms with E-state index in [9.17, 15) is 8.78 Å². The van der Waals surface area contributed by atoms with Gasteiger partial charge in [-0.3, -0.25) is 5.10 Å². The Hall–Kier alpha value is -3.33. The molecule has 0 aliphatic carbocycles. The van der Waals surface area contributed by atoms with E-state index in [0.29, 0.717) is 30.3 Å². The van der Waals surface area contributed by atoms with E-state index in [1.807, 2.05) is 6.07 Å². The van der Waals surface area contributed by atoms with Crippen molar-refractivity contribution in [3.05, 3.63) is 53.9 Å². The molecule has 9 heteroatoms. The number of nitrogens with zero attached hydrogens (tertiary/aromatic N) is 4. The minimum Gasteiger partial charge on any atom is -0.378 e. The summed E-state index contributed by atoms with van der Waals surface area (Å²) in [6.45, 7) is 2.78. The van der Waals surface area contributed by atoms with E-state index in [2.05, 4.69) is 30.4 Å². The Balaban J connectivity index is 1.62. The number of fused-ring (bicyclic) bond motifs is 3. The largest absolute Gasteiger partial charge is 0.378 e. The van der Waals surface area contributed by atoms with Gasteiger partial charge >= 0.3 is 0 Å². The molecule has 0 bridgehead atoms. The lowest BCUT2D eigenvalue weighted by molar-refractivity contribution is 0.122. The van der Waals surface area contributed by atoms with Crippen LogP contribution in [-0.4, -0.2) is 47.3 Å². The number of pyridine rings is 1. The zero-order chi connectivity index (χ0) is 19.1. The van der Waals surface area contributed by atoms with Crippen molar-refractivity contribution in [3.8, 4) is 11.3 Å². The average Bonchev–Trinajstić information content (AvgIpc) is 3.11. The number of halogens is 2. The van der Waals surface area contributed by atoms with E-state index < -0.39 is 11.6 Å². The number of morpholine rings is 1. The second-order valence-corrected chi connectivity index (χ2v) is 6.50. The summed E-state index contributed by atoms with van der Waals surface area (Å²) in [7, 11) is 0. The first kappa shape index (κ1) is 16.8. The number of aromatic nitrogens is 3. The van der Waals surface area contributed by atoms with E-state index in [0.717, 1.165) is 24.5 Å². The van der Waals surface area contributed by atoms with Crippen LogP contribution in [0.3, 0.4) is 0 Å². The predicted molar refractivity (Wildman–Crippen MR) is 101 cm³/mol. The number of hydrogen-bond acceptors (Lipinski definition) is 6. The molecule has 2 aliphatic heterocycles. The molecule has 1 saturated heterocycles. The number of nitrogens with one attached hydrogen (secondary N) is 2. The third-order valence-corrected chi connectivity index (χ3v) is 4.80. The van der Waals surface area contributed by atoms with Crippen LogP contribution in [0.25, 0.3) is 11.3 Å². The van der Waals surface area contributed by atoms with E-state index >= 15 is 0 Å². The summed E-state index contributed by atoms with van der Waals surface area (Å²) < 4.78 is 34.1. The highest BCUT2D eigenvalue weighted by Gasteiger charge is 2.24. The van der Waals surface area contributed by atoms with Crippen molar-refractivity contribution in [1.29, 1.82) is 0 Å². The fraction of sp³-hybridized carbons (Fsp3) is 0.211. The first-order valence-corrected chi connectivity index (χ1v) is 8.87. The summed E-state index contributed by atoms with van der Waals surface area (Å²) >= 11 is 0. The number of ether oxygens (including phenoxy) is 1. The molecule has 28 heavy (non-hydrogen) atoms. The molecule has 142 valence electrons. The van der Waals surface area contributed by atoms with Crippen molar-refractivity contribution < 1.29 is 13.5 Å². The normalized spacial score (nSPS) is 15.9. The molecule has 0 unspecified atom stereocenters. The fourth-order valence-corrected chi connectivity index (χ4v) is 3.40. The molecule has 5 rings (SSSR count). The van der Waals surface area contributed by atoms with Crippen molar-refractivity contribution in [2.24, 2.45) is 4.99 Å². The predicted octanol–water partition coefficient (Wildman–Crippen LogP) is 3.09. The maximum atomic E-state index is 14.3. The molecular weight excluding hydrogens is 366 g/mol. The van der Waals surface area contributed by atoms with E-state index in [1.165, 1.54) is 24.4 Å². The third kappa shape index (κ3) is 2.80. The van der Waals surface area contributed by atoms with E-state index in [1.54, 1.807) is 6.20 Å². The van der Waals surface area contributed by atoms with Gasteiger partial charge < -0.3 is 15.0 Å². The lowest BCUT2D eigenvalue weighted by atomic mass is 10.1. The molecule has 2 aliphatic rings. The first-order chi connectivity index (χ1) is 13.7. The molecule has 4 heterocycles. The molecule has 7 nitrogen and oxygen atoms in total. The van der Waals surface area contributed by atoms with Crippen molar-refractivity contribution in [2.75, 3.05) is 36.5 Å². The average molecular weight is 382 g/mol. The van der Waals surface area contributed by atoms with Gasteiger partial charge in [-0.1, -0.05) is 6.07 Å². The van der Waals surface area contributed by atoms with Crippen LogP contribution in [0, 0.1) is 11.6 Å². The Morgan fingerprint density at radius 3 is 2.64 bits per heavy atom. The van der Waals surface area contributed by atoms with Gasteiger partial charge in [0.25, 0.3) is 0 Å². The minimum atomic E-state index is -0.697. The molecule has 1 fully saturated rings. The van der Waals surface area contributed by atoms with Crippen molar-refractivity contribution >= 4 is 23.0 Å². The molecule has 2 aromatic heterocycles. The van der Waals surface area contributed by atoms with Crippen LogP contribution >= 0.6 is 0 Å². The van der Waals surface area contributed by atoms with Crippen LogP contribution in [0.5, 0.6) is 0 Å². The Morgan fingerprint density at radius 1 is 1.07 bits per heavy atom. The van der Waals surface area contributed by atoms with Gasteiger partial charge in [0.05, 0.1) is 42.6 Å². The number of H-pyrrole nitrogens is 1. The fourth-order valence-electron chi connectivity index (χ4n) is 3.40. The maximum Gasteiger partial charge on any atom is 0.144 e. The van der Waals surface area contributed by atoms with Crippen LogP contribution in [-0.2, 0) is 4.74 Å². The molecule has 0 atom stereocenters. The zero-order valence-electron chi connectivity index (χ0n) is 14.7. The van der Waals surface area contributed by atoms with Gasteiger partial charge in [0, 0.05) is 18.7 Å². The summed E-state index contributed by atoms with van der Waals surface area (Å²) in [5.74, 6) is -0.530. The molecule has 1 aromatic carbocycles. The standard InChI is InChI=1S/C19H16F2N6O/c20-12-2-1-3-13(21)17(12)19-24-14-9-22-16(27-4-6-28-7-5-27)8-11(14)18-15(25-19)10-23-26-18/h1-3,8-10H,4-7H2,(H,23,26)(H,24,25).